The van der Waals surface area contributed by atoms with Crippen molar-refractivity contribution in [1.82, 2.24) is 20.2 Å². The molecule has 1 aromatic carbocycles. The van der Waals surface area contributed by atoms with Crippen molar-refractivity contribution in [1.29, 1.82) is 0 Å². The number of morpholine rings is 1. The van der Waals surface area contributed by atoms with Crippen LogP contribution >= 0.6 is 0 Å². The van der Waals surface area contributed by atoms with Crippen molar-refractivity contribution in [2.45, 2.75) is 46.6 Å². The van der Waals surface area contributed by atoms with Crippen LogP contribution < -0.4 is 4.90 Å². The minimum absolute atomic E-state index is 0.00691. The first-order valence-corrected chi connectivity index (χ1v) is 10.0. The Labute approximate surface area is 183 Å². The summed E-state index contributed by atoms with van der Waals surface area (Å²) in [6.45, 7) is 9.73. The third-order valence-electron chi connectivity index (χ3n) is 5.35. The van der Waals surface area contributed by atoms with E-state index in [2.05, 4.69) is 15.4 Å². The van der Waals surface area contributed by atoms with E-state index in [0.717, 1.165) is 4.80 Å². The Hall–Kier alpha value is -3.48. The summed E-state index contributed by atoms with van der Waals surface area (Å²) in [6.07, 6.45) is 0. The minimum Gasteiger partial charge on any atom is -0.378 e. The van der Waals surface area contributed by atoms with Crippen LogP contribution in [0.3, 0.4) is 0 Å². The number of anilines is 1. The Balaban J connectivity index is 2.06. The summed E-state index contributed by atoms with van der Waals surface area (Å²) in [5, 5.41) is 35.9. The predicted octanol–water partition coefficient (Wildman–Crippen LogP) is 2.12. The van der Waals surface area contributed by atoms with Crippen molar-refractivity contribution >= 4 is 23.1 Å². The van der Waals surface area contributed by atoms with Gasteiger partial charge in [-0.15, -0.1) is 5.10 Å². The average molecular weight is 447 g/mol. The Morgan fingerprint density at radius 2 is 1.59 bits per heavy atom. The molecule has 0 bridgehead atoms. The summed E-state index contributed by atoms with van der Waals surface area (Å²) in [5.74, 6) is -0.229. The zero-order valence-electron chi connectivity index (χ0n) is 18.6. The van der Waals surface area contributed by atoms with Crippen molar-refractivity contribution in [2.24, 2.45) is 0 Å². The molecule has 0 unspecified atom stereocenters. The van der Waals surface area contributed by atoms with Crippen molar-refractivity contribution in [2.75, 3.05) is 31.2 Å². The molecule has 1 fully saturated rings. The Bertz CT molecular complexity index is 1040. The number of hydrogen-bond donors (Lipinski definition) is 0. The lowest BCUT2D eigenvalue weighted by Gasteiger charge is -2.24. The second-order valence-electron chi connectivity index (χ2n) is 8.60. The van der Waals surface area contributed by atoms with Gasteiger partial charge in [-0.25, -0.2) is 0 Å². The lowest BCUT2D eigenvalue weighted by Crippen LogP contribution is -2.37. The molecule has 0 amide bonds. The number of rotatable bonds is 6. The number of nitrogens with zero attached hydrogens (tertiary/aromatic N) is 7. The second-order valence-corrected chi connectivity index (χ2v) is 8.60. The topological polar surface area (TPSA) is 159 Å². The number of aromatic nitrogens is 4. The summed E-state index contributed by atoms with van der Waals surface area (Å²) >= 11 is 0. The van der Waals surface area contributed by atoms with Gasteiger partial charge in [-0.05, 0) is 19.1 Å². The van der Waals surface area contributed by atoms with E-state index in [1.54, 1.807) is 20.8 Å². The summed E-state index contributed by atoms with van der Waals surface area (Å²) in [6, 6.07) is 0. The normalized spacial score (nSPS) is 14.5. The standard InChI is InChI=1S/C19H25N7O6/c1-11-14(12(2)17(26(30)31)15(19(3,4)5)16(11)25(28)29)13(27)10-24-21-18(20-22-24)23-6-8-32-9-7-23/h6-10H2,1-5H3. The third-order valence-corrected chi connectivity index (χ3v) is 5.35. The fourth-order valence-electron chi connectivity index (χ4n) is 3.99. The van der Waals surface area contributed by atoms with Gasteiger partial charge in [0.25, 0.3) is 17.3 Å². The number of benzene rings is 1. The highest BCUT2D eigenvalue weighted by Gasteiger charge is 2.40. The van der Waals surface area contributed by atoms with Crippen molar-refractivity contribution in [3.8, 4) is 0 Å². The summed E-state index contributed by atoms with van der Waals surface area (Å²) in [4.78, 5) is 38.6. The van der Waals surface area contributed by atoms with Gasteiger partial charge in [0.1, 0.15) is 12.1 Å². The first-order chi connectivity index (χ1) is 14.9. The lowest BCUT2D eigenvalue weighted by atomic mass is 9.79. The zero-order valence-corrected chi connectivity index (χ0v) is 18.6. The zero-order chi connectivity index (χ0) is 23.8. The summed E-state index contributed by atoms with van der Waals surface area (Å²) < 4.78 is 5.28. The number of Topliss-reactive ketones (excluding diaryl/α,β-unsaturated/α-hetero) is 1. The molecule has 0 saturated carbocycles. The quantitative estimate of drug-likeness (QED) is 0.364. The fourth-order valence-corrected chi connectivity index (χ4v) is 3.99. The number of ketones is 1. The molecule has 2 aromatic rings. The van der Waals surface area contributed by atoms with Crippen molar-refractivity contribution in [3.63, 3.8) is 0 Å². The van der Waals surface area contributed by atoms with E-state index in [1.807, 2.05) is 4.90 Å². The van der Waals surface area contributed by atoms with E-state index >= 15 is 0 Å². The molecule has 0 atom stereocenters. The highest BCUT2D eigenvalue weighted by Crippen LogP contribution is 2.44. The van der Waals surface area contributed by atoms with E-state index in [1.165, 1.54) is 13.8 Å². The molecule has 1 aromatic heterocycles. The van der Waals surface area contributed by atoms with Crippen LogP contribution in [0, 0.1) is 34.1 Å². The average Bonchev–Trinajstić information content (AvgIpc) is 3.15. The van der Waals surface area contributed by atoms with Gasteiger partial charge in [-0.2, -0.15) is 4.80 Å². The van der Waals surface area contributed by atoms with Crippen LogP contribution in [-0.2, 0) is 16.7 Å². The van der Waals surface area contributed by atoms with Gasteiger partial charge in [0.15, 0.2) is 5.78 Å². The molecular formula is C19H25N7O6. The Morgan fingerprint density at radius 3 is 2.06 bits per heavy atom. The Kier molecular flexibility index (Phi) is 6.21. The van der Waals surface area contributed by atoms with Gasteiger partial charge < -0.3 is 9.64 Å². The fraction of sp³-hybridized carbons (Fsp3) is 0.579. The number of carbonyl (C=O) groups is 1. The molecule has 13 nitrogen and oxygen atoms in total. The smallest absolute Gasteiger partial charge is 0.283 e. The number of ether oxygens (including phenoxy) is 1. The van der Waals surface area contributed by atoms with Gasteiger partial charge in [-0.1, -0.05) is 25.9 Å². The van der Waals surface area contributed by atoms with Gasteiger partial charge in [0.05, 0.1) is 23.1 Å². The first-order valence-electron chi connectivity index (χ1n) is 10.0. The van der Waals surface area contributed by atoms with E-state index in [9.17, 15) is 25.0 Å². The largest absolute Gasteiger partial charge is 0.378 e. The minimum atomic E-state index is -0.886. The molecule has 3 rings (SSSR count). The lowest BCUT2D eigenvalue weighted by molar-refractivity contribution is -0.397. The molecule has 0 N–H and O–H groups in total. The predicted molar refractivity (Wildman–Crippen MR) is 113 cm³/mol. The molecule has 1 aliphatic heterocycles. The highest BCUT2D eigenvalue weighted by molar-refractivity contribution is 6.01. The SMILES string of the molecule is Cc1c(C(=O)Cn2nnc(N3CCOCC3)n2)c(C)c([N+](=O)[O-])c(C(C)(C)C)c1[N+](=O)[O-]. The summed E-state index contributed by atoms with van der Waals surface area (Å²) in [5.41, 5.74) is -1.63. The van der Waals surface area contributed by atoms with Gasteiger partial charge in [-0.3, -0.25) is 25.0 Å². The molecule has 0 spiro atoms. The van der Waals surface area contributed by atoms with Crippen LogP contribution in [0.4, 0.5) is 17.3 Å². The number of nitro groups is 2. The molecule has 172 valence electrons. The van der Waals surface area contributed by atoms with E-state index in [0.29, 0.717) is 32.3 Å². The highest BCUT2D eigenvalue weighted by atomic mass is 16.6. The van der Waals surface area contributed by atoms with Crippen LogP contribution in [0.5, 0.6) is 0 Å². The van der Waals surface area contributed by atoms with Gasteiger partial charge in [0.2, 0.25) is 0 Å². The molecular weight excluding hydrogens is 422 g/mol. The molecule has 1 aliphatic rings. The second kappa shape index (κ2) is 8.57. The molecule has 0 radical (unpaired) electrons. The van der Waals surface area contributed by atoms with Crippen LogP contribution in [0.1, 0.15) is 47.8 Å². The van der Waals surface area contributed by atoms with Gasteiger partial charge in [0, 0.05) is 35.2 Å². The maximum atomic E-state index is 13.1. The van der Waals surface area contributed by atoms with Crippen molar-refractivity contribution < 1.29 is 19.4 Å². The monoisotopic (exact) mass is 447 g/mol. The molecule has 2 heterocycles. The van der Waals surface area contributed by atoms with Gasteiger partial charge >= 0.3 is 0 Å². The van der Waals surface area contributed by atoms with E-state index in [4.69, 9.17) is 4.74 Å². The van der Waals surface area contributed by atoms with Crippen LogP contribution in [0.25, 0.3) is 0 Å². The molecule has 0 aliphatic carbocycles. The number of tetrazole rings is 1. The van der Waals surface area contributed by atoms with E-state index in [-0.39, 0.29) is 28.8 Å². The number of hydrogen-bond acceptors (Lipinski definition) is 10. The third kappa shape index (κ3) is 4.28. The maximum Gasteiger partial charge on any atom is 0.283 e. The van der Waals surface area contributed by atoms with Crippen LogP contribution in [0.15, 0.2) is 0 Å². The number of nitro benzene ring substituents is 2. The van der Waals surface area contributed by atoms with E-state index < -0.39 is 32.4 Å². The molecule has 32 heavy (non-hydrogen) atoms. The van der Waals surface area contributed by atoms with Crippen LogP contribution in [0.2, 0.25) is 0 Å². The van der Waals surface area contributed by atoms with Crippen molar-refractivity contribution in [3.05, 3.63) is 42.5 Å². The maximum absolute atomic E-state index is 13.1. The summed E-state index contributed by atoms with van der Waals surface area (Å²) in [7, 11) is 0. The Morgan fingerprint density at radius 1 is 1.06 bits per heavy atom. The van der Waals surface area contributed by atoms with Crippen LogP contribution in [-0.4, -0.2) is 62.1 Å². The molecule has 13 heteroatoms. The first kappa shape index (κ1) is 23.2. The molecule has 1 saturated heterocycles. The number of carbonyl (C=O) groups excluding carboxylic acids is 1.